The van der Waals surface area contributed by atoms with E-state index in [1.807, 2.05) is 24.3 Å². The smallest absolute Gasteiger partial charge is 0.371 e. The SMILES string of the molecule is Cc1c(C(=O)Nc2ccc(N3CCC(C)C3)cc2)sc2nc(C(F)(F)F)ccc12. The second-order valence-corrected chi connectivity index (χ2v) is 8.44. The van der Waals surface area contributed by atoms with Crippen molar-refractivity contribution in [2.24, 2.45) is 5.92 Å². The topological polar surface area (TPSA) is 45.2 Å². The van der Waals surface area contributed by atoms with E-state index in [4.69, 9.17) is 0 Å². The Hall–Kier alpha value is -2.61. The van der Waals surface area contributed by atoms with Crippen LogP contribution in [0.25, 0.3) is 10.2 Å². The Morgan fingerprint density at radius 2 is 1.93 bits per heavy atom. The lowest BCUT2D eigenvalue weighted by molar-refractivity contribution is -0.140. The molecule has 1 aliphatic rings. The molecule has 0 saturated carbocycles. The van der Waals surface area contributed by atoms with Crippen molar-refractivity contribution in [2.75, 3.05) is 23.3 Å². The first-order chi connectivity index (χ1) is 13.7. The van der Waals surface area contributed by atoms with Gasteiger partial charge in [0.05, 0.1) is 4.88 Å². The molecule has 29 heavy (non-hydrogen) atoms. The molecule has 0 aliphatic carbocycles. The quantitative estimate of drug-likeness (QED) is 0.590. The molecular weight excluding hydrogens is 399 g/mol. The summed E-state index contributed by atoms with van der Waals surface area (Å²) >= 11 is 0.974. The van der Waals surface area contributed by atoms with Crippen molar-refractivity contribution in [1.29, 1.82) is 0 Å². The fraction of sp³-hybridized carbons (Fsp3) is 0.333. The highest BCUT2D eigenvalue weighted by Crippen LogP contribution is 2.34. The first-order valence-corrected chi connectivity index (χ1v) is 10.2. The van der Waals surface area contributed by atoms with Gasteiger partial charge in [0.2, 0.25) is 0 Å². The Morgan fingerprint density at radius 3 is 2.55 bits per heavy atom. The molecule has 4 nitrogen and oxygen atoms in total. The number of thiophene rings is 1. The maximum Gasteiger partial charge on any atom is 0.433 e. The fourth-order valence-electron chi connectivity index (χ4n) is 3.59. The second kappa shape index (κ2) is 7.33. The summed E-state index contributed by atoms with van der Waals surface area (Å²) in [7, 11) is 0. The number of halogens is 3. The third-order valence-corrected chi connectivity index (χ3v) is 6.41. The summed E-state index contributed by atoms with van der Waals surface area (Å²) in [6, 6.07) is 9.96. The predicted molar refractivity (Wildman–Crippen MR) is 110 cm³/mol. The van der Waals surface area contributed by atoms with Crippen molar-refractivity contribution in [3.05, 3.63) is 52.5 Å². The molecule has 0 bridgehead atoms. The van der Waals surface area contributed by atoms with E-state index in [9.17, 15) is 18.0 Å². The van der Waals surface area contributed by atoms with Crippen molar-refractivity contribution in [2.45, 2.75) is 26.4 Å². The highest BCUT2D eigenvalue weighted by Gasteiger charge is 2.33. The zero-order chi connectivity index (χ0) is 20.8. The largest absolute Gasteiger partial charge is 0.433 e. The van der Waals surface area contributed by atoms with Gasteiger partial charge in [-0.15, -0.1) is 11.3 Å². The first kappa shape index (κ1) is 19.7. The molecule has 0 spiro atoms. The molecule has 1 amide bonds. The van der Waals surface area contributed by atoms with Crippen LogP contribution in [0.1, 0.15) is 34.3 Å². The standard InChI is InChI=1S/C21H20F3N3OS/c1-12-9-10-27(11-12)15-5-3-14(4-6-15)25-19(28)18-13(2)16-7-8-17(21(22,23)24)26-20(16)29-18/h3-8,12H,9-11H2,1-2H3,(H,25,28). The molecule has 3 aromatic rings. The summed E-state index contributed by atoms with van der Waals surface area (Å²) < 4.78 is 38.7. The van der Waals surface area contributed by atoms with Crippen LogP contribution in [-0.4, -0.2) is 24.0 Å². The fourth-order valence-corrected chi connectivity index (χ4v) is 4.66. The van der Waals surface area contributed by atoms with Crippen LogP contribution < -0.4 is 10.2 Å². The molecule has 152 valence electrons. The van der Waals surface area contributed by atoms with Crippen LogP contribution in [0.3, 0.4) is 0 Å². The molecule has 1 atom stereocenters. The number of rotatable bonds is 3. The van der Waals surface area contributed by atoms with Crippen molar-refractivity contribution in [3.8, 4) is 0 Å². The van der Waals surface area contributed by atoms with E-state index in [1.54, 1.807) is 6.92 Å². The van der Waals surface area contributed by atoms with Crippen LogP contribution >= 0.6 is 11.3 Å². The zero-order valence-corrected chi connectivity index (χ0v) is 16.8. The van der Waals surface area contributed by atoms with Crippen LogP contribution in [0.2, 0.25) is 0 Å². The summed E-state index contributed by atoms with van der Waals surface area (Å²) in [6.07, 6.45) is -3.34. The van der Waals surface area contributed by atoms with E-state index in [-0.39, 0.29) is 10.7 Å². The monoisotopic (exact) mass is 419 g/mol. The predicted octanol–water partition coefficient (Wildman–Crippen LogP) is 5.72. The number of nitrogens with one attached hydrogen (secondary N) is 1. The van der Waals surface area contributed by atoms with Gasteiger partial charge in [-0.2, -0.15) is 13.2 Å². The lowest BCUT2D eigenvalue weighted by Gasteiger charge is -2.18. The number of hydrogen-bond acceptors (Lipinski definition) is 4. The van der Waals surface area contributed by atoms with Crippen molar-refractivity contribution < 1.29 is 18.0 Å². The minimum Gasteiger partial charge on any atom is -0.371 e. The van der Waals surface area contributed by atoms with Crippen LogP contribution in [0.4, 0.5) is 24.5 Å². The molecule has 3 heterocycles. The molecule has 0 radical (unpaired) electrons. The molecule has 4 rings (SSSR count). The van der Waals surface area contributed by atoms with Gasteiger partial charge in [0, 0.05) is 29.9 Å². The Kier molecular flexibility index (Phi) is 4.98. The molecule has 1 N–H and O–H groups in total. The molecule has 1 saturated heterocycles. The van der Waals surface area contributed by atoms with Gasteiger partial charge in [0.15, 0.2) is 0 Å². The number of alkyl halides is 3. The van der Waals surface area contributed by atoms with Gasteiger partial charge in [-0.05, 0) is 61.2 Å². The van der Waals surface area contributed by atoms with Crippen molar-refractivity contribution >= 4 is 38.8 Å². The molecular formula is C21H20F3N3OS. The minimum absolute atomic E-state index is 0.209. The average Bonchev–Trinajstić information content (AvgIpc) is 3.25. The van der Waals surface area contributed by atoms with Gasteiger partial charge in [-0.1, -0.05) is 6.92 Å². The Labute approximate surface area is 170 Å². The van der Waals surface area contributed by atoms with Crippen LogP contribution in [0.15, 0.2) is 36.4 Å². The number of aryl methyl sites for hydroxylation is 1. The Balaban J connectivity index is 1.53. The minimum atomic E-state index is -4.51. The Morgan fingerprint density at radius 1 is 1.21 bits per heavy atom. The van der Waals surface area contributed by atoms with E-state index < -0.39 is 11.9 Å². The van der Waals surface area contributed by atoms with Gasteiger partial charge in [0.25, 0.3) is 5.91 Å². The van der Waals surface area contributed by atoms with Gasteiger partial charge in [-0.3, -0.25) is 4.79 Å². The zero-order valence-electron chi connectivity index (χ0n) is 16.0. The van der Waals surface area contributed by atoms with Gasteiger partial charge in [-0.25, -0.2) is 4.98 Å². The number of fused-ring (bicyclic) bond motifs is 1. The summed E-state index contributed by atoms with van der Waals surface area (Å²) in [5.74, 6) is 0.332. The number of benzene rings is 1. The number of amides is 1. The molecule has 1 unspecified atom stereocenters. The second-order valence-electron chi connectivity index (χ2n) is 7.44. The molecule has 1 fully saturated rings. The third-order valence-electron chi connectivity index (χ3n) is 5.21. The van der Waals surface area contributed by atoms with Gasteiger partial charge in [0.1, 0.15) is 10.5 Å². The van der Waals surface area contributed by atoms with Gasteiger partial charge >= 0.3 is 6.18 Å². The van der Waals surface area contributed by atoms with E-state index in [1.165, 1.54) is 12.5 Å². The van der Waals surface area contributed by atoms with Crippen LogP contribution in [0, 0.1) is 12.8 Å². The Bertz CT molecular complexity index is 1060. The summed E-state index contributed by atoms with van der Waals surface area (Å²) in [5.41, 5.74) is 1.44. The molecule has 1 aliphatic heterocycles. The van der Waals surface area contributed by atoms with E-state index in [2.05, 4.69) is 22.1 Å². The molecule has 8 heteroatoms. The van der Waals surface area contributed by atoms with Crippen LogP contribution in [-0.2, 0) is 6.18 Å². The third kappa shape index (κ3) is 3.94. The highest BCUT2D eigenvalue weighted by atomic mass is 32.1. The highest BCUT2D eigenvalue weighted by molar-refractivity contribution is 7.20. The van der Waals surface area contributed by atoms with Gasteiger partial charge < -0.3 is 10.2 Å². The van der Waals surface area contributed by atoms with E-state index in [0.29, 0.717) is 27.4 Å². The maximum absolute atomic E-state index is 12.9. The lowest BCUT2D eigenvalue weighted by Crippen LogP contribution is -2.19. The number of nitrogens with zero attached hydrogens (tertiary/aromatic N) is 2. The number of aromatic nitrogens is 1. The normalized spacial score (nSPS) is 17.1. The number of hydrogen-bond donors (Lipinski definition) is 1. The average molecular weight is 419 g/mol. The maximum atomic E-state index is 12.9. The number of anilines is 2. The van der Waals surface area contributed by atoms with E-state index in [0.717, 1.165) is 36.2 Å². The first-order valence-electron chi connectivity index (χ1n) is 9.36. The van der Waals surface area contributed by atoms with E-state index >= 15 is 0 Å². The number of pyridine rings is 1. The summed E-state index contributed by atoms with van der Waals surface area (Å²) in [5, 5.41) is 3.40. The summed E-state index contributed by atoms with van der Waals surface area (Å²) in [6.45, 7) is 6.01. The van der Waals surface area contributed by atoms with Crippen molar-refractivity contribution in [1.82, 2.24) is 4.98 Å². The summed E-state index contributed by atoms with van der Waals surface area (Å²) in [4.78, 5) is 19.3. The van der Waals surface area contributed by atoms with Crippen LogP contribution in [0.5, 0.6) is 0 Å². The number of carbonyl (C=O) groups is 1. The molecule has 2 aromatic heterocycles. The van der Waals surface area contributed by atoms with Crippen molar-refractivity contribution in [3.63, 3.8) is 0 Å². The number of carbonyl (C=O) groups excluding carboxylic acids is 1. The molecule has 1 aromatic carbocycles. The lowest BCUT2D eigenvalue weighted by atomic mass is 10.1.